The molecule has 0 aliphatic rings. The molecule has 1 aromatic carbocycles. The van der Waals surface area contributed by atoms with Crippen molar-refractivity contribution in [3.63, 3.8) is 0 Å². The molecule has 6 nitrogen and oxygen atoms in total. The van der Waals surface area contributed by atoms with Crippen molar-refractivity contribution in [1.82, 2.24) is 5.32 Å². The van der Waals surface area contributed by atoms with Crippen LogP contribution in [0.1, 0.15) is 5.56 Å². The molecule has 1 unspecified atom stereocenters. The molecule has 1 aromatic rings. The number of aliphatic hydroxyl groups is 1. The Kier molecular flexibility index (Phi) is 6.27. The summed E-state index contributed by atoms with van der Waals surface area (Å²) in [5.41, 5.74) is 0.938. The number of nitrogens with one attached hydrogen (secondary N) is 1. The van der Waals surface area contributed by atoms with Gasteiger partial charge in [-0.3, -0.25) is 4.79 Å². The van der Waals surface area contributed by atoms with Crippen LogP contribution < -0.4 is 10.1 Å². The zero-order chi connectivity index (χ0) is 15.1. The minimum atomic E-state index is -1.11. The second-order valence-electron chi connectivity index (χ2n) is 4.05. The highest BCUT2D eigenvalue weighted by Gasteiger charge is 2.20. The van der Waals surface area contributed by atoms with E-state index >= 15 is 0 Å². The topological polar surface area (TPSA) is 84.9 Å². The summed E-state index contributed by atoms with van der Waals surface area (Å²) >= 11 is 5.91. The molecule has 0 spiro atoms. The molecule has 0 bridgehead atoms. The van der Waals surface area contributed by atoms with E-state index in [-0.39, 0.29) is 6.61 Å². The highest BCUT2D eigenvalue weighted by molar-refractivity contribution is 6.32. The highest BCUT2D eigenvalue weighted by Crippen LogP contribution is 2.24. The number of aryl methyl sites for hydroxylation is 1. The molecule has 0 aliphatic heterocycles. The Morgan fingerprint density at radius 2 is 2.15 bits per heavy atom. The molecule has 2 N–H and O–H groups in total. The molecule has 20 heavy (non-hydrogen) atoms. The van der Waals surface area contributed by atoms with Gasteiger partial charge in [-0.1, -0.05) is 17.7 Å². The van der Waals surface area contributed by atoms with Gasteiger partial charge in [-0.2, -0.15) is 0 Å². The predicted octanol–water partition coefficient (Wildman–Crippen LogP) is 0.677. The monoisotopic (exact) mass is 301 g/mol. The van der Waals surface area contributed by atoms with Gasteiger partial charge >= 0.3 is 5.97 Å². The van der Waals surface area contributed by atoms with E-state index < -0.39 is 24.5 Å². The van der Waals surface area contributed by atoms with Crippen LogP contribution in [0.15, 0.2) is 18.2 Å². The van der Waals surface area contributed by atoms with Gasteiger partial charge in [-0.05, 0) is 24.6 Å². The van der Waals surface area contributed by atoms with Crippen LogP contribution in [-0.4, -0.2) is 43.3 Å². The van der Waals surface area contributed by atoms with Crippen LogP contribution in [0.3, 0.4) is 0 Å². The number of carbonyl (C=O) groups excluding carboxylic acids is 2. The van der Waals surface area contributed by atoms with E-state index in [2.05, 4.69) is 10.1 Å². The Bertz CT molecular complexity index is 492. The van der Waals surface area contributed by atoms with Crippen LogP contribution >= 0.6 is 11.6 Å². The Balaban J connectivity index is 2.54. The third-order valence-corrected chi connectivity index (χ3v) is 2.76. The first-order valence-corrected chi connectivity index (χ1v) is 6.22. The minimum Gasteiger partial charge on any atom is -0.482 e. The van der Waals surface area contributed by atoms with E-state index in [1.165, 1.54) is 7.11 Å². The summed E-state index contributed by atoms with van der Waals surface area (Å²) in [5.74, 6) is -0.915. The summed E-state index contributed by atoms with van der Waals surface area (Å²) in [7, 11) is 1.17. The molecule has 1 atom stereocenters. The number of rotatable bonds is 6. The van der Waals surface area contributed by atoms with Crippen LogP contribution in [-0.2, 0) is 14.3 Å². The van der Waals surface area contributed by atoms with Gasteiger partial charge < -0.3 is 19.9 Å². The normalized spacial score (nSPS) is 11.6. The Morgan fingerprint density at radius 3 is 2.75 bits per heavy atom. The van der Waals surface area contributed by atoms with Crippen LogP contribution in [0.2, 0.25) is 5.02 Å². The van der Waals surface area contributed by atoms with Crippen LogP contribution in [0.4, 0.5) is 0 Å². The molecule has 0 saturated carbocycles. The van der Waals surface area contributed by atoms with E-state index in [0.717, 1.165) is 5.56 Å². The molecule has 1 amide bonds. The van der Waals surface area contributed by atoms with Gasteiger partial charge in [0.2, 0.25) is 0 Å². The molecular weight excluding hydrogens is 286 g/mol. The number of aliphatic hydroxyl groups excluding tert-OH is 1. The van der Waals surface area contributed by atoms with Gasteiger partial charge in [0.25, 0.3) is 5.91 Å². The molecule has 0 heterocycles. The number of methoxy groups -OCH3 is 1. The zero-order valence-corrected chi connectivity index (χ0v) is 11.9. The van der Waals surface area contributed by atoms with Crippen molar-refractivity contribution >= 4 is 23.5 Å². The van der Waals surface area contributed by atoms with Crippen LogP contribution in [0, 0.1) is 6.92 Å². The van der Waals surface area contributed by atoms with E-state index in [1.807, 2.05) is 13.0 Å². The molecular formula is C13H16ClNO5. The van der Waals surface area contributed by atoms with Crippen molar-refractivity contribution in [3.8, 4) is 5.75 Å². The fourth-order valence-electron chi connectivity index (χ4n) is 1.42. The lowest BCUT2D eigenvalue weighted by atomic mass is 10.2. The molecule has 110 valence electrons. The summed E-state index contributed by atoms with van der Waals surface area (Å²) in [6, 6.07) is 4.06. The summed E-state index contributed by atoms with van der Waals surface area (Å²) in [4.78, 5) is 22.8. The van der Waals surface area contributed by atoms with E-state index in [9.17, 15) is 9.59 Å². The first kappa shape index (κ1) is 16.3. The van der Waals surface area contributed by atoms with Gasteiger partial charge in [0.15, 0.2) is 12.6 Å². The largest absolute Gasteiger partial charge is 0.482 e. The van der Waals surface area contributed by atoms with E-state index in [0.29, 0.717) is 10.8 Å². The fourth-order valence-corrected chi connectivity index (χ4v) is 1.59. The summed E-state index contributed by atoms with van der Waals surface area (Å²) in [5, 5.41) is 11.6. The number of esters is 1. The molecule has 7 heteroatoms. The summed E-state index contributed by atoms with van der Waals surface area (Å²) < 4.78 is 9.69. The number of hydrogen-bond acceptors (Lipinski definition) is 5. The number of carbonyl (C=O) groups is 2. The molecule has 0 aromatic heterocycles. The fraction of sp³-hybridized carbons (Fsp3) is 0.385. The van der Waals surface area contributed by atoms with E-state index in [1.54, 1.807) is 12.1 Å². The van der Waals surface area contributed by atoms with Crippen LogP contribution in [0.25, 0.3) is 0 Å². The average molecular weight is 302 g/mol. The van der Waals surface area contributed by atoms with Crippen molar-refractivity contribution in [3.05, 3.63) is 28.8 Å². The third kappa shape index (κ3) is 4.71. The lowest BCUT2D eigenvalue weighted by Crippen LogP contribution is -2.45. The van der Waals surface area contributed by atoms with Gasteiger partial charge in [-0.15, -0.1) is 0 Å². The molecule has 1 rings (SSSR count). The highest BCUT2D eigenvalue weighted by atomic mass is 35.5. The second kappa shape index (κ2) is 7.72. The Labute approximate surface area is 121 Å². The average Bonchev–Trinajstić information content (AvgIpc) is 2.44. The lowest BCUT2D eigenvalue weighted by molar-refractivity contribution is -0.146. The number of halogens is 1. The van der Waals surface area contributed by atoms with Gasteiger partial charge in [0.1, 0.15) is 5.75 Å². The minimum absolute atomic E-state index is 0.323. The number of hydrogen-bond donors (Lipinski definition) is 2. The van der Waals surface area contributed by atoms with Crippen molar-refractivity contribution in [2.24, 2.45) is 0 Å². The van der Waals surface area contributed by atoms with Crippen molar-refractivity contribution < 1.29 is 24.2 Å². The van der Waals surface area contributed by atoms with Gasteiger partial charge in [0, 0.05) is 0 Å². The lowest BCUT2D eigenvalue weighted by Gasteiger charge is -2.14. The second-order valence-corrected chi connectivity index (χ2v) is 4.46. The SMILES string of the molecule is COC(=O)C(CO)NC(=O)COc1cc(C)ccc1Cl. The molecule has 0 saturated heterocycles. The number of ether oxygens (including phenoxy) is 2. The standard InChI is InChI=1S/C13H16ClNO5/c1-8-3-4-9(14)11(5-8)20-7-12(17)15-10(6-16)13(18)19-2/h3-5,10,16H,6-7H2,1-2H3,(H,15,17). The van der Waals surface area contributed by atoms with Gasteiger partial charge in [-0.25, -0.2) is 4.79 Å². The zero-order valence-electron chi connectivity index (χ0n) is 11.2. The molecule has 0 aliphatic carbocycles. The number of amides is 1. The predicted molar refractivity (Wildman–Crippen MR) is 72.7 cm³/mol. The number of benzene rings is 1. The molecule has 0 radical (unpaired) electrons. The maximum absolute atomic E-state index is 11.6. The summed E-state index contributed by atoms with van der Waals surface area (Å²) in [6.45, 7) is 0.989. The van der Waals surface area contributed by atoms with Gasteiger partial charge in [0.05, 0.1) is 18.7 Å². The quantitative estimate of drug-likeness (QED) is 0.755. The smallest absolute Gasteiger partial charge is 0.330 e. The first-order chi connectivity index (χ1) is 9.47. The summed E-state index contributed by atoms with van der Waals surface area (Å²) in [6.07, 6.45) is 0. The van der Waals surface area contributed by atoms with E-state index in [4.69, 9.17) is 21.4 Å². The van der Waals surface area contributed by atoms with Crippen molar-refractivity contribution in [2.45, 2.75) is 13.0 Å². The third-order valence-electron chi connectivity index (χ3n) is 2.45. The van der Waals surface area contributed by atoms with Crippen LogP contribution in [0.5, 0.6) is 5.75 Å². The Morgan fingerprint density at radius 1 is 1.45 bits per heavy atom. The molecule has 0 fully saturated rings. The Hall–Kier alpha value is -1.79. The van der Waals surface area contributed by atoms with Crippen molar-refractivity contribution in [2.75, 3.05) is 20.3 Å². The van der Waals surface area contributed by atoms with Crippen molar-refractivity contribution in [1.29, 1.82) is 0 Å². The first-order valence-electron chi connectivity index (χ1n) is 5.85. The maximum Gasteiger partial charge on any atom is 0.330 e. The maximum atomic E-state index is 11.6.